The number of nitrogens with two attached hydrogens (primary N) is 1. The van der Waals surface area contributed by atoms with Gasteiger partial charge < -0.3 is 26.2 Å². The second-order valence-electron chi connectivity index (χ2n) is 3.43. The molecule has 1 rings (SSSR count). The predicted molar refractivity (Wildman–Crippen MR) is 42.3 cm³/mol. The van der Waals surface area contributed by atoms with Crippen LogP contribution < -0.4 is 5.73 Å². The fraction of sp³-hybridized carbons (Fsp3) is 0.714. The Morgan fingerprint density at radius 2 is 1.79 bits per heavy atom. The maximum Gasteiger partial charge on any atom is 0.326 e. The molecule has 4 unspecified atom stereocenters. The Bertz CT molecular complexity index is 279. The maximum absolute atomic E-state index is 10.7. The Morgan fingerprint density at radius 3 is 2.00 bits per heavy atom. The number of hydrogen-bond donors (Lipinski definition) is 5. The van der Waals surface area contributed by atoms with E-state index in [-0.39, 0.29) is 0 Å². The van der Waals surface area contributed by atoms with Gasteiger partial charge in [-0.3, -0.25) is 9.59 Å². The van der Waals surface area contributed by atoms with Gasteiger partial charge in [-0.2, -0.15) is 0 Å². The molecule has 0 bridgehead atoms. The number of aliphatic carboxylic acids is 2. The quantitative estimate of drug-likeness (QED) is 0.338. The standard InChI is InChI=1S/C7H11NO6/c8-7(6(13)14)1-2(5(11)12)3(9)4(7)10/h2-4,9-10H,1,8H2,(H,11,12)(H,13,14). The molecule has 7 heteroatoms. The molecule has 0 saturated heterocycles. The van der Waals surface area contributed by atoms with Crippen LogP contribution in [-0.4, -0.2) is 50.1 Å². The molecule has 0 aromatic heterocycles. The first-order valence-corrected chi connectivity index (χ1v) is 3.92. The smallest absolute Gasteiger partial charge is 0.326 e. The number of rotatable bonds is 2. The van der Waals surface area contributed by atoms with Gasteiger partial charge >= 0.3 is 11.9 Å². The van der Waals surface area contributed by atoms with Crippen molar-refractivity contribution < 1.29 is 30.0 Å². The molecule has 0 spiro atoms. The summed E-state index contributed by atoms with van der Waals surface area (Å²) in [5.74, 6) is -4.23. The fourth-order valence-corrected chi connectivity index (χ4v) is 1.58. The van der Waals surface area contributed by atoms with Crippen molar-refractivity contribution in [3.05, 3.63) is 0 Å². The summed E-state index contributed by atoms with van der Waals surface area (Å²) in [4.78, 5) is 21.2. The molecule has 1 fully saturated rings. The molecule has 0 aromatic rings. The Morgan fingerprint density at radius 1 is 1.29 bits per heavy atom. The molecule has 0 aromatic carbocycles. The van der Waals surface area contributed by atoms with Crippen LogP contribution in [0.15, 0.2) is 0 Å². The molecule has 7 nitrogen and oxygen atoms in total. The monoisotopic (exact) mass is 205 g/mol. The van der Waals surface area contributed by atoms with Crippen LogP contribution in [0.5, 0.6) is 0 Å². The molecule has 1 aliphatic carbocycles. The van der Waals surface area contributed by atoms with Crippen molar-refractivity contribution in [2.75, 3.05) is 0 Å². The van der Waals surface area contributed by atoms with E-state index in [0.29, 0.717) is 0 Å². The zero-order chi connectivity index (χ0) is 11.1. The molecule has 1 saturated carbocycles. The molecule has 0 amide bonds. The van der Waals surface area contributed by atoms with E-state index >= 15 is 0 Å². The van der Waals surface area contributed by atoms with E-state index in [4.69, 9.17) is 15.9 Å². The largest absolute Gasteiger partial charge is 0.481 e. The van der Waals surface area contributed by atoms with E-state index in [9.17, 15) is 19.8 Å². The highest BCUT2D eigenvalue weighted by Crippen LogP contribution is 2.33. The van der Waals surface area contributed by atoms with E-state index in [1.807, 2.05) is 0 Å². The highest BCUT2D eigenvalue weighted by molar-refractivity contribution is 5.83. The van der Waals surface area contributed by atoms with Gasteiger partial charge in [0.25, 0.3) is 0 Å². The number of aliphatic hydroxyl groups excluding tert-OH is 2. The van der Waals surface area contributed by atoms with E-state index < -0.39 is 42.0 Å². The van der Waals surface area contributed by atoms with E-state index in [1.165, 1.54) is 0 Å². The lowest BCUT2D eigenvalue weighted by Crippen LogP contribution is -2.56. The van der Waals surface area contributed by atoms with Gasteiger partial charge in [0, 0.05) is 0 Å². The van der Waals surface area contributed by atoms with Gasteiger partial charge in [0.1, 0.15) is 11.6 Å². The van der Waals surface area contributed by atoms with Gasteiger partial charge in [-0.25, -0.2) is 0 Å². The minimum absolute atomic E-state index is 0.486. The Kier molecular flexibility index (Phi) is 2.49. The summed E-state index contributed by atoms with van der Waals surface area (Å²) in [6, 6.07) is 0. The number of hydrogen-bond acceptors (Lipinski definition) is 5. The topological polar surface area (TPSA) is 141 Å². The summed E-state index contributed by atoms with van der Waals surface area (Å²) in [6.07, 6.45) is -3.89. The Hall–Kier alpha value is -1.18. The Balaban J connectivity index is 2.97. The van der Waals surface area contributed by atoms with Crippen molar-refractivity contribution in [2.45, 2.75) is 24.2 Å². The van der Waals surface area contributed by atoms with Crippen molar-refractivity contribution in [3.8, 4) is 0 Å². The van der Waals surface area contributed by atoms with Gasteiger partial charge in [-0.1, -0.05) is 0 Å². The normalized spacial score (nSPS) is 42.4. The molecular formula is C7H11NO6. The van der Waals surface area contributed by atoms with Crippen LogP contribution in [0.4, 0.5) is 0 Å². The van der Waals surface area contributed by atoms with Crippen LogP contribution in [0.1, 0.15) is 6.42 Å². The third kappa shape index (κ3) is 1.35. The van der Waals surface area contributed by atoms with Crippen molar-refractivity contribution >= 4 is 11.9 Å². The second kappa shape index (κ2) is 3.19. The SMILES string of the molecule is NC1(C(=O)O)CC(C(=O)O)C(O)C1O. The molecule has 0 radical (unpaired) electrons. The van der Waals surface area contributed by atoms with Crippen LogP contribution >= 0.6 is 0 Å². The van der Waals surface area contributed by atoms with Crippen molar-refractivity contribution in [3.63, 3.8) is 0 Å². The fourth-order valence-electron chi connectivity index (χ4n) is 1.58. The van der Waals surface area contributed by atoms with Gasteiger partial charge in [0.15, 0.2) is 0 Å². The van der Waals surface area contributed by atoms with E-state index in [2.05, 4.69) is 0 Å². The minimum Gasteiger partial charge on any atom is -0.481 e. The first kappa shape index (κ1) is 10.9. The number of carboxylic acids is 2. The molecule has 80 valence electrons. The molecule has 0 heterocycles. The Labute approximate surface area is 78.8 Å². The summed E-state index contributed by atoms with van der Waals surface area (Å²) in [5, 5.41) is 35.8. The molecular weight excluding hydrogens is 194 g/mol. The van der Waals surface area contributed by atoms with Crippen LogP contribution in [-0.2, 0) is 9.59 Å². The first-order valence-electron chi connectivity index (χ1n) is 3.92. The number of carboxylic acid groups (broad SMARTS) is 2. The zero-order valence-corrected chi connectivity index (χ0v) is 7.12. The van der Waals surface area contributed by atoms with Gasteiger partial charge in [0.2, 0.25) is 0 Å². The zero-order valence-electron chi connectivity index (χ0n) is 7.12. The van der Waals surface area contributed by atoms with Crippen LogP contribution in [0.25, 0.3) is 0 Å². The average Bonchev–Trinajstić information content (AvgIpc) is 2.31. The van der Waals surface area contributed by atoms with Gasteiger partial charge in [-0.15, -0.1) is 0 Å². The minimum atomic E-state index is -2.08. The van der Waals surface area contributed by atoms with Crippen molar-refractivity contribution in [2.24, 2.45) is 11.7 Å². The highest BCUT2D eigenvalue weighted by atomic mass is 16.4. The average molecular weight is 205 g/mol. The molecule has 1 aliphatic rings. The first-order chi connectivity index (χ1) is 6.30. The number of aliphatic hydroxyl groups is 2. The van der Waals surface area contributed by atoms with E-state index in [0.717, 1.165) is 0 Å². The lowest BCUT2D eigenvalue weighted by atomic mass is 9.96. The maximum atomic E-state index is 10.7. The third-order valence-corrected chi connectivity index (χ3v) is 2.54. The van der Waals surface area contributed by atoms with Crippen molar-refractivity contribution in [1.82, 2.24) is 0 Å². The van der Waals surface area contributed by atoms with E-state index in [1.54, 1.807) is 0 Å². The summed E-state index contributed by atoms with van der Waals surface area (Å²) in [6.45, 7) is 0. The lowest BCUT2D eigenvalue weighted by molar-refractivity contribution is -0.149. The highest BCUT2D eigenvalue weighted by Gasteiger charge is 2.57. The van der Waals surface area contributed by atoms with Gasteiger partial charge in [-0.05, 0) is 6.42 Å². The molecule has 4 atom stereocenters. The third-order valence-electron chi connectivity index (χ3n) is 2.54. The lowest BCUT2D eigenvalue weighted by Gasteiger charge is -2.22. The molecule has 14 heavy (non-hydrogen) atoms. The molecule has 6 N–H and O–H groups in total. The van der Waals surface area contributed by atoms with Crippen LogP contribution in [0.2, 0.25) is 0 Å². The molecule has 0 aliphatic heterocycles. The van der Waals surface area contributed by atoms with Gasteiger partial charge in [0.05, 0.1) is 12.0 Å². The van der Waals surface area contributed by atoms with Crippen LogP contribution in [0, 0.1) is 5.92 Å². The summed E-state index contributed by atoms with van der Waals surface area (Å²) < 4.78 is 0. The second-order valence-corrected chi connectivity index (χ2v) is 3.43. The van der Waals surface area contributed by atoms with Crippen LogP contribution in [0.3, 0.4) is 0 Å². The van der Waals surface area contributed by atoms with Crippen molar-refractivity contribution in [1.29, 1.82) is 0 Å². The summed E-state index contributed by atoms with van der Waals surface area (Å²) >= 11 is 0. The summed E-state index contributed by atoms with van der Waals surface area (Å²) in [7, 11) is 0. The summed E-state index contributed by atoms with van der Waals surface area (Å²) in [5.41, 5.74) is 3.21. The predicted octanol–water partition coefficient (Wildman–Crippen LogP) is -2.41. The number of carbonyl (C=O) groups is 2.